The van der Waals surface area contributed by atoms with Gasteiger partial charge in [-0.1, -0.05) is 0 Å². The van der Waals surface area contributed by atoms with Gasteiger partial charge in [-0.05, 0) is 6.42 Å². The number of carbonyl (C=O) groups excluding carboxylic acids is 1. The van der Waals surface area contributed by atoms with Crippen LogP contribution in [-0.4, -0.2) is 63.2 Å². The Bertz CT molecular complexity index is 436. The molecule has 0 aromatic heterocycles. The van der Waals surface area contributed by atoms with Crippen molar-refractivity contribution in [3.8, 4) is 0 Å². The molecule has 0 spiro atoms. The number of hydrogen-bond donors (Lipinski definition) is 4. The van der Waals surface area contributed by atoms with E-state index in [0.717, 1.165) is 4.90 Å². The van der Waals surface area contributed by atoms with Crippen molar-refractivity contribution in [3.05, 3.63) is 0 Å². The summed E-state index contributed by atoms with van der Waals surface area (Å²) in [6, 6.07) is -1.26. The van der Waals surface area contributed by atoms with Crippen LogP contribution in [0.15, 0.2) is 0 Å². The molecule has 20 heavy (non-hydrogen) atoms. The number of nitrogens with zero attached hydrogens (tertiary/aromatic N) is 1. The van der Waals surface area contributed by atoms with Crippen molar-refractivity contribution in [3.63, 3.8) is 0 Å². The minimum atomic E-state index is -1.30. The third kappa shape index (κ3) is 3.67. The first-order chi connectivity index (χ1) is 9.23. The van der Waals surface area contributed by atoms with E-state index in [1.807, 2.05) is 0 Å². The van der Waals surface area contributed by atoms with Gasteiger partial charge < -0.3 is 26.0 Å². The summed E-state index contributed by atoms with van der Waals surface area (Å²) in [5, 5.41) is 26.5. The topological polar surface area (TPSA) is 158 Å². The highest BCUT2D eigenvalue weighted by Gasteiger charge is 2.40. The molecule has 1 rings (SSSR count). The van der Waals surface area contributed by atoms with E-state index in [0.29, 0.717) is 0 Å². The Kier molecular flexibility index (Phi) is 5.03. The van der Waals surface area contributed by atoms with Crippen LogP contribution in [0.1, 0.15) is 12.8 Å². The van der Waals surface area contributed by atoms with Crippen molar-refractivity contribution < 1.29 is 34.5 Å². The Morgan fingerprint density at radius 3 is 2.10 bits per heavy atom. The molecule has 9 nitrogen and oxygen atoms in total. The molecule has 0 radical (unpaired) electrons. The normalized spacial score (nSPS) is 23.9. The molecule has 0 saturated carbocycles. The van der Waals surface area contributed by atoms with Crippen LogP contribution in [0, 0.1) is 11.8 Å². The van der Waals surface area contributed by atoms with E-state index in [-0.39, 0.29) is 19.5 Å². The summed E-state index contributed by atoms with van der Waals surface area (Å²) in [6.07, 6.45) is -0.562. The highest BCUT2D eigenvalue weighted by molar-refractivity contribution is 5.87. The van der Waals surface area contributed by atoms with Gasteiger partial charge in [0.1, 0.15) is 0 Å². The summed E-state index contributed by atoms with van der Waals surface area (Å²) in [7, 11) is 0. The minimum absolute atomic E-state index is 0.00215. The second-order valence-corrected chi connectivity index (χ2v) is 4.67. The van der Waals surface area contributed by atoms with E-state index in [1.165, 1.54) is 0 Å². The van der Waals surface area contributed by atoms with Crippen molar-refractivity contribution in [1.29, 1.82) is 0 Å². The summed E-state index contributed by atoms with van der Waals surface area (Å²) in [6.45, 7) is -0.231. The smallest absolute Gasteiger partial charge is 0.309 e. The highest BCUT2D eigenvalue weighted by Crippen LogP contribution is 2.24. The van der Waals surface area contributed by atoms with Crippen molar-refractivity contribution >= 4 is 23.8 Å². The average Bonchev–Trinajstić information content (AvgIpc) is 2.36. The SMILES string of the molecule is NC(CC(=O)O)C(=O)N1CCC(C(=O)O)C(C(=O)O)C1. The van der Waals surface area contributed by atoms with Crippen molar-refractivity contribution in [2.45, 2.75) is 18.9 Å². The first kappa shape index (κ1) is 15.9. The predicted molar refractivity (Wildman–Crippen MR) is 63.7 cm³/mol. The number of carboxylic acid groups (broad SMARTS) is 3. The van der Waals surface area contributed by atoms with E-state index in [1.54, 1.807) is 0 Å². The van der Waals surface area contributed by atoms with Crippen LogP contribution in [0.5, 0.6) is 0 Å². The summed E-state index contributed by atoms with van der Waals surface area (Å²) >= 11 is 0. The minimum Gasteiger partial charge on any atom is -0.481 e. The second-order valence-electron chi connectivity index (χ2n) is 4.67. The van der Waals surface area contributed by atoms with E-state index in [2.05, 4.69) is 0 Å². The Morgan fingerprint density at radius 2 is 1.65 bits per heavy atom. The third-order valence-corrected chi connectivity index (χ3v) is 3.27. The number of amides is 1. The molecule has 1 heterocycles. The lowest BCUT2D eigenvalue weighted by Crippen LogP contribution is -2.53. The summed E-state index contributed by atoms with van der Waals surface area (Å²) in [5.41, 5.74) is 5.43. The highest BCUT2D eigenvalue weighted by atomic mass is 16.4. The zero-order chi connectivity index (χ0) is 15.4. The van der Waals surface area contributed by atoms with Gasteiger partial charge in [0.15, 0.2) is 0 Å². The van der Waals surface area contributed by atoms with Gasteiger partial charge in [0.05, 0.1) is 24.3 Å². The maximum absolute atomic E-state index is 11.9. The number of piperidine rings is 1. The van der Waals surface area contributed by atoms with E-state index in [9.17, 15) is 19.2 Å². The quantitative estimate of drug-likeness (QED) is 0.472. The summed E-state index contributed by atoms with van der Waals surface area (Å²) in [4.78, 5) is 45.5. The van der Waals surface area contributed by atoms with Gasteiger partial charge in [-0.3, -0.25) is 19.2 Å². The van der Waals surface area contributed by atoms with Crippen molar-refractivity contribution in [2.24, 2.45) is 17.6 Å². The lowest BCUT2D eigenvalue weighted by Gasteiger charge is -2.35. The fraction of sp³-hybridized carbons (Fsp3) is 0.636. The molecule has 0 bridgehead atoms. The van der Waals surface area contributed by atoms with Gasteiger partial charge in [0, 0.05) is 13.1 Å². The van der Waals surface area contributed by atoms with Gasteiger partial charge in [-0.25, -0.2) is 0 Å². The molecule has 0 aromatic carbocycles. The van der Waals surface area contributed by atoms with E-state index in [4.69, 9.17) is 21.1 Å². The zero-order valence-corrected chi connectivity index (χ0v) is 10.6. The number of aliphatic carboxylic acids is 3. The molecule has 1 aliphatic heterocycles. The molecule has 1 amide bonds. The molecular weight excluding hydrogens is 272 g/mol. The van der Waals surface area contributed by atoms with Crippen LogP contribution < -0.4 is 5.73 Å². The van der Waals surface area contributed by atoms with Crippen LogP contribution in [0.2, 0.25) is 0 Å². The van der Waals surface area contributed by atoms with Gasteiger partial charge in [0.2, 0.25) is 5.91 Å². The molecule has 112 valence electrons. The van der Waals surface area contributed by atoms with Crippen LogP contribution in [0.25, 0.3) is 0 Å². The summed E-state index contributed by atoms with van der Waals surface area (Å²) < 4.78 is 0. The molecule has 5 N–H and O–H groups in total. The lowest BCUT2D eigenvalue weighted by atomic mass is 9.85. The van der Waals surface area contributed by atoms with Gasteiger partial charge in [-0.2, -0.15) is 0 Å². The van der Waals surface area contributed by atoms with E-state index >= 15 is 0 Å². The molecule has 3 atom stereocenters. The van der Waals surface area contributed by atoms with Crippen LogP contribution in [0.4, 0.5) is 0 Å². The first-order valence-electron chi connectivity index (χ1n) is 5.95. The molecule has 1 saturated heterocycles. The number of carbonyl (C=O) groups is 4. The Hall–Kier alpha value is -2.16. The number of carboxylic acids is 3. The number of likely N-dealkylation sites (tertiary alicyclic amines) is 1. The zero-order valence-electron chi connectivity index (χ0n) is 10.6. The summed E-state index contributed by atoms with van der Waals surface area (Å²) in [5.74, 6) is -6.72. The molecule has 1 aliphatic rings. The van der Waals surface area contributed by atoms with Gasteiger partial charge in [0.25, 0.3) is 0 Å². The van der Waals surface area contributed by atoms with Crippen molar-refractivity contribution in [2.75, 3.05) is 13.1 Å². The van der Waals surface area contributed by atoms with Gasteiger partial charge in [-0.15, -0.1) is 0 Å². The maximum atomic E-state index is 11.9. The molecule has 1 fully saturated rings. The Labute approximate surface area is 114 Å². The van der Waals surface area contributed by atoms with Crippen LogP contribution in [0.3, 0.4) is 0 Å². The average molecular weight is 288 g/mol. The molecular formula is C11H16N2O7. The van der Waals surface area contributed by atoms with Crippen LogP contribution >= 0.6 is 0 Å². The molecule has 9 heteroatoms. The molecule has 3 unspecified atom stereocenters. The van der Waals surface area contributed by atoms with Crippen molar-refractivity contribution in [1.82, 2.24) is 4.90 Å². The van der Waals surface area contributed by atoms with Gasteiger partial charge >= 0.3 is 17.9 Å². The van der Waals surface area contributed by atoms with E-state index < -0.39 is 48.1 Å². The first-order valence-corrected chi connectivity index (χ1v) is 5.95. The third-order valence-electron chi connectivity index (χ3n) is 3.27. The largest absolute Gasteiger partial charge is 0.481 e. The monoisotopic (exact) mass is 288 g/mol. The standard InChI is InChI=1S/C11H16N2O7/c12-7(3-8(14)15)9(16)13-2-1-5(10(17)18)6(4-13)11(19)20/h5-7H,1-4,12H2,(H,14,15)(H,17,18)(H,19,20). The number of hydrogen-bond acceptors (Lipinski definition) is 5. The molecule has 0 aliphatic carbocycles. The lowest BCUT2D eigenvalue weighted by molar-refractivity contribution is -0.159. The maximum Gasteiger partial charge on any atom is 0.309 e. The molecule has 0 aromatic rings. The fourth-order valence-electron chi connectivity index (χ4n) is 2.21. The van der Waals surface area contributed by atoms with Crippen LogP contribution in [-0.2, 0) is 19.2 Å². The second kappa shape index (κ2) is 6.33. The number of rotatable bonds is 5. The Balaban J connectivity index is 2.76. The predicted octanol–water partition coefficient (Wildman–Crippen LogP) is -1.58. The Morgan fingerprint density at radius 1 is 1.10 bits per heavy atom. The fourth-order valence-corrected chi connectivity index (χ4v) is 2.21. The number of nitrogens with two attached hydrogens (primary N) is 1.